The second-order valence-electron chi connectivity index (χ2n) is 4.55. The highest BCUT2D eigenvalue weighted by atomic mass is 16.3. The number of hydrogen-bond acceptors (Lipinski definition) is 2. The van der Waals surface area contributed by atoms with E-state index in [1.165, 1.54) is 0 Å². The Morgan fingerprint density at radius 2 is 2.05 bits per heavy atom. The Hall–Kier alpha value is -1.79. The van der Waals surface area contributed by atoms with Gasteiger partial charge in [-0.05, 0) is 24.8 Å². The maximum Gasteiger partial charge on any atom is 0.220 e. The van der Waals surface area contributed by atoms with Crippen molar-refractivity contribution >= 4 is 5.91 Å². The van der Waals surface area contributed by atoms with Crippen molar-refractivity contribution in [2.45, 2.75) is 38.1 Å². The van der Waals surface area contributed by atoms with Crippen LogP contribution in [0.2, 0.25) is 0 Å². The topological polar surface area (TPSA) is 49.3 Å². The number of rotatable bonds is 8. The van der Waals surface area contributed by atoms with E-state index >= 15 is 0 Å². The molecule has 0 aromatic heterocycles. The molecule has 0 aliphatic rings. The Morgan fingerprint density at radius 1 is 1.32 bits per heavy atom. The van der Waals surface area contributed by atoms with Crippen molar-refractivity contribution in [1.29, 1.82) is 0 Å². The first-order chi connectivity index (χ1) is 9.26. The number of nitrogens with one attached hydrogen (secondary N) is 1. The van der Waals surface area contributed by atoms with Gasteiger partial charge < -0.3 is 10.4 Å². The molecule has 0 fully saturated rings. The van der Waals surface area contributed by atoms with Crippen molar-refractivity contribution < 1.29 is 9.90 Å². The fourth-order valence-electron chi connectivity index (χ4n) is 1.87. The van der Waals surface area contributed by atoms with Crippen molar-refractivity contribution in [1.82, 2.24) is 5.32 Å². The van der Waals surface area contributed by atoms with Crippen LogP contribution in [0.4, 0.5) is 0 Å². The molecule has 102 valence electrons. The second-order valence-corrected chi connectivity index (χ2v) is 4.55. The molecule has 0 saturated carbocycles. The van der Waals surface area contributed by atoms with Crippen molar-refractivity contribution in [3.8, 4) is 12.3 Å². The zero-order valence-electron chi connectivity index (χ0n) is 11.1. The number of hydrogen-bond donors (Lipinski definition) is 2. The van der Waals surface area contributed by atoms with Gasteiger partial charge in [-0.25, -0.2) is 0 Å². The highest BCUT2D eigenvalue weighted by molar-refractivity contribution is 5.76. The summed E-state index contributed by atoms with van der Waals surface area (Å²) in [6.07, 6.45) is 8.63. The molecule has 0 saturated heterocycles. The molecule has 0 heterocycles. The minimum absolute atomic E-state index is 0.0213. The zero-order valence-corrected chi connectivity index (χ0v) is 11.1. The highest BCUT2D eigenvalue weighted by Crippen LogP contribution is 2.04. The highest BCUT2D eigenvalue weighted by Gasteiger charge is 2.11. The third-order valence-electron chi connectivity index (χ3n) is 2.89. The van der Waals surface area contributed by atoms with Gasteiger partial charge in [0.2, 0.25) is 5.91 Å². The van der Waals surface area contributed by atoms with Crippen LogP contribution in [-0.4, -0.2) is 23.7 Å². The van der Waals surface area contributed by atoms with Crippen LogP contribution in [0.15, 0.2) is 30.3 Å². The monoisotopic (exact) mass is 259 g/mol. The molecule has 2 N–H and O–H groups in total. The van der Waals surface area contributed by atoms with Crippen LogP contribution in [0.5, 0.6) is 0 Å². The van der Waals surface area contributed by atoms with E-state index in [0.29, 0.717) is 19.3 Å². The molecule has 0 aliphatic heterocycles. The predicted molar refractivity (Wildman–Crippen MR) is 76.5 cm³/mol. The molecule has 1 aromatic carbocycles. The van der Waals surface area contributed by atoms with Crippen LogP contribution in [0.25, 0.3) is 0 Å². The SMILES string of the molecule is C#CCCCCC(=O)N[C@@H](CO)Cc1ccccc1. The Labute approximate surface area is 115 Å². The predicted octanol–water partition coefficient (Wildman–Crippen LogP) is 1.90. The molecule has 0 spiro atoms. The lowest BCUT2D eigenvalue weighted by molar-refractivity contribution is -0.122. The summed E-state index contributed by atoms with van der Waals surface area (Å²) in [5.41, 5.74) is 1.11. The maximum absolute atomic E-state index is 11.7. The average Bonchev–Trinajstić information content (AvgIpc) is 2.44. The lowest BCUT2D eigenvalue weighted by Gasteiger charge is -2.16. The van der Waals surface area contributed by atoms with E-state index in [-0.39, 0.29) is 18.6 Å². The molecule has 3 heteroatoms. The first-order valence-electron chi connectivity index (χ1n) is 6.64. The first kappa shape index (κ1) is 15.3. The Balaban J connectivity index is 2.32. The molecule has 1 aromatic rings. The lowest BCUT2D eigenvalue weighted by atomic mass is 10.1. The van der Waals surface area contributed by atoms with Gasteiger partial charge in [0.25, 0.3) is 0 Å². The van der Waals surface area contributed by atoms with Crippen molar-refractivity contribution in [2.75, 3.05) is 6.61 Å². The van der Waals surface area contributed by atoms with E-state index in [1.54, 1.807) is 0 Å². The van der Waals surface area contributed by atoms with E-state index in [2.05, 4.69) is 11.2 Å². The number of benzene rings is 1. The van der Waals surface area contributed by atoms with Crippen molar-refractivity contribution in [3.05, 3.63) is 35.9 Å². The van der Waals surface area contributed by atoms with Crippen molar-refractivity contribution in [3.63, 3.8) is 0 Å². The van der Waals surface area contributed by atoms with Gasteiger partial charge in [0.1, 0.15) is 0 Å². The van der Waals surface area contributed by atoms with E-state index in [0.717, 1.165) is 18.4 Å². The van der Waals surface area contributed by atoms with Crippen LogP contribution >= 0.6 is 0 Å². The third-order valence-corrected chi connectivity index (χ3v) is 2.89. The van der Waals surface area contributed by atoms with Crippen LogP contribution in [0, 0.1) is 12.3 Å². The Bertz CT molecular complexity index is 409. The van der Waals surface area contributed by atoms with Gasteiger partial charge in [-0.3, -0.25) is 4.79 Å². The largest absolute Gasteiger partial charge is 0.394 e. The summed E-state index contributed by atoms with van der Waals surface area (Å²) < 4.78 is 0. The second kappa shape index (κ2) is 9.18. The maximum atomic E-state index is 11.7. The van der Waals surface area contributed by atoms with Gasteiger partial charge in [0, 0.05) is 12.8 Å². The molecule has 1 rings (SSSR count). The fourth-order valence-corrected chi connectivity index (χ4v) is 1.87. The summed E-state index contributed by atoms with van der Waals surface area (Å²) in [7, 11) is 0. The van der Waals surface area contributed by atoms with E-state index in [1.807, 2.05) is 30.3 Å². The van der Waals surface area contributed by atoms with E-state index in [4.69, 9.17) is 6.42 Å². The molecule has 0 radical (unpaired) electrons. The van der Waals surface area contributed by atoms with Gasteiger partial charge in [-0.1, -0.05) is 30.3 Å². The first-order valence-corrected chi connectivity index (χ1v) is 6.64. The third kappa shape index (κ3) is 6.64. The van der Waals surface area contributed by atoms with Gasteiger partial charge in [-0.2, -0.15) is 0 Å². The standard InChI is InChI=1S/C16H21NO2/c1-2-3-4-8-11-16(19)17-15(13-18)12-14-9-6-5-7-10-14/h1,5-7,9-10,15,18H,3-4,8,11-13H2,(H,17,19)/t15-/m1/s1. The summed E-state index contributed by atoms with van der Waals surface area (Å²) in [4.78, 5) is 11.7. The number of carbonyl (C=O) groups excluding carboxylic acids is 1. The van der Waals surface area contributed by atoms with Gasteiger partial charge in [-0.15, -0.1) is 12.3 Å². The number of unbranched alkanes of at least 4 members (excludes halogenated alkanes) is 2. The summed E-state index contributed by atoms with van der Waals surface area (Å²) in [5.74, 6) is 2.53. The average molecular weight is 259 g/mol. The lowest BCUT2D eigenvalue weighted by Crippen LogP contribution is -2.38. The summed E-state index contributed by atoms with van der Waals surface area (Å²) in [5, 5.41) is 12.2. The molecule has 0 bridgehead atoms. The number of carbonyl (C=O) groups is 1. The summed E-state index contributed by atoms with van der Waals surface area (Å²) in [6, 6.07) is 9.60. The minimum atomic E-state index is -0.220. The van der Waals surface area contributed by atoms with Crippen LogP contribution in [0.1, 0.15) is 31.2 Å². The Kier molecular flexibility index (Phi) is 7.38. The molecule has 0 aliphatic carbocycles. The van der Waals surface area contributed by atoms with Crippen LogP contribution in [-0.2, 0) is 11.2 Å². The normalized spacial score (nSPS) is 11.6. The molecular formula is C16H21NO2. The summed E-state index contributed by atoms with van der Waals surface area (Å²) >= 11 is 0. The van der Waals surface area contributed by atoms with E-state index in [9.17, 15) is 9.90 Å². The quantitative estimate of drug-likeness (QED) is 0.553. The number of aliphatic hydroxyl groups excluding tert-OH is 1. The van der Waals surface area contributed by atoms with Gasteiger partial charge in [0.15, 0.2) is 0 Å². The number of terminal acetylenes is 1. The van der Waals surface area contributed by atoms with Crippen LogP contribution in [0.3, 0.4) is 0 Å². The Morgan fingerprint density at radius 3 is 2.68 bits per heavy atom. The van der Waals surface area contributed by atoms with Crippen LogP contribution < -0.4 is 5.32 Å². The number of amides is 1. The smallest absolute Gasteiger partial charge is 0.220 e. The molecule has 1 atom stereocenters. The summed E-state index contributed by atoms with van der Waals surface area (Å²) in [6.45, 7) is -0.0506. The van der Waals surface area contributed by atoms with Crippen molar-refractivity contribution in [2.24, 2.45) is 0 Å². The molecule has 0 unspecified atom stereocenters. The number of aliphatic hydroxyl groups is 1. The van der Waals surface area contributed by atoms with E-state index < -0.39 is 0 Å². The zero-order chi connectivity index (χ0) is 13.9. The van der Waals surface area contributed by atoms with Gasteiger partial charge in [0.05, 0.1) is 12.6 Å². The minimum Gasteiger partial charge on any atom is -0.394 e. The fraction of sp³-hybridized carbons (Fsp3) is 0.438. The van der Waals surface area contributed by atoms with Gasteiger partial charge >= 0.3 is 0 Å². The molecule has 3 nitrogen and oxygen atoms in total. The molecule has 1 amide bonds. The molecule has 19 heavy (non-hydrogen) atoms. The molecular weight excluding hydrogens is 238 g/mol.